The maximum absolute atomic E-state index is 8.62. The molecule has 1 aromatic carbocycles. The first-order valence-electron chi connectivity index (χ1n) is 6.65. The molecule has 0 N–H and O–H groups in total. The van der Waals surface area contributed by atoms with Gasteiger partial charge in [0.1, 0.15) is 5.75 Å². The number of benzene rings is 1. The summed E-state index contributed by atoms with van der Waals surface area (Å²) in [7, 11) is 1.65. The van der Waals surface area contributed by atoms with Crippen molar-refractivity contribution >= 4 is 11.8 Å². The lowest BCUT2D eigenvalue weighted by Crippen LogP contribution is -2.06. The molecule has 7 heteroatoms. The number of hydrogen-bond donors (Lipinski definition) is 0. The van der Waals surface area contributed by atoms with Gasteiger partial charge in [-0.05, 0) is 34.5 Å². The summed E-state index contributed by atoms with van der Waals surface area (Å²) in [4.78, 5) is 0. The van der Waals surface area contributed by atoms with E-state index >= 15 is 0 Å². The van der Waals surface area contributed by atoms with E-state index < -0.39 is 0 Å². The smallest absolute Gasteiger partial charge is 0.209 e. The van der Waals surface area contributed by atoms with E-state index in [4.69, 9.17) is 10.00 Å². The molecule has 1 unspecified atom stereocenters. The Hall–Kier alpha value is -2.07. The van der Waals surface area contributed by atoms with Crippen molar-refractivity contribution in [1.29, 1.82) is 5.26 Å². The minimum Gasteiger partial charge on any atom is -0.497 e. The van der Waals surface area contributed by atoms with Gasteiger partial charge >= 0.3 is 0 Å². The molecule has 0 bridgehead atoms. The van der Waals surface area contributed by atoms with Gasteiger partial charge in [-0.2, -0.15) is 5.26 Å². The second-order valence-electron chi connectivity index (χ2n) is 4.59. The van der Waals surface area contributed by atoms with Crippen molar-refractivity contribution in [2.24, 2.45) is 0 Å². The Morgan fingerprint density at radius 1 is 1.38 bits per heavy atom. The van der Waals surface area contributed by atoms with Gasteiger partial charge < -0.3 is 4.74 Å². The first-order valence-corrected chi connectivity index (χ1v) is 7.53. The Morgan fingerprint density at radius 3 is 2.81 bits per heavy atom. The predicted molar refractivity (Wildman–Crippen MR) is 80.1 cm³/mol. The van der Waals surface area contributed by atoms with Crippen LogP contribution in [0.3, 0.4) is 0 Å². The molecule has 0 radical (unpaired) electrons. The van der Waals surface area contributed by atoms with Gasteiger partial charge in [-0.25, -0.2) is 4.68 Å². The average Bonchev–Trinajstić information content (AvgIpc) is 2.93. The van der Waals surface area contributed by atoms with Crippen LogP contribution in [0.5, 0.6) is 5.75 Å². The quantitative estimate of drug-likeness (QED) is 0.731. The van der Waals surface area contributed by atoms with Gasteiger partial charge in [-0.1, -0.05) is 30.8 Å². The lowest BCUT2D eigenvalue weighted by Gasteiger charge is -2.09. The molecule has 21 heavy (non-hydrogen) atoms. The van der Waals surface area contributed by atoms with Crippen LogP contribution in [0.25, 0.3) is 0 Å². The number of nitriles is 1. The largest absolute Gasteiger partial charge is 0.497 e. The number of hydrogen-bond acceptors (Lipinski definition) is 6. The molecule has 0 saturated carbocycles. The maximum Gasteiger partial charge on any atom is 0.209 e. The van der Waals surface area contributed by atoms with Crippen molar-refractivity contribution < 1.29 is 4.74 Å². The molecule has 0 aliphatic rings. The Morgan fingerprint density at radius 2 is 2.14 bits per heavy atom. The van der Waals surface area contributed by atoms with Crippen molar-refractivity contribution in [3.63, 3.8) is 0 Å². The lowest BCUT2D eigenvalue weighted by atomic mass is 10.2. The fourth-order valence-electron chi connectivity index (χ4n) is 1.79. The van der Waals surface area contributed by atoms with E-state index in [1.54, 1.807) is 23.6 Å². The number of methoxy groups -OCH3 is 1. The second kappa shape index (κ2) is 7.64. The molecule has 0 amide bonds. The van der Waals surface area contributed by atoms with Gasteiger partial charge in [0.25, 0.3) is 0 Å². The topological polar surface area (TPSA) is 76.6 Å². The first-order chi connectivity index (χ1) is 10.2. The summed E-state index contributed by atoms with van der Waals surface area (Å²) in [6, 6.07) is 9.99. The van der Waals surface area contributed by atoms with Crippen LogP contribution in [0.2, 0.25) is 0 Å². The summed E-state index contributed by atoms with van der Waals surface area (Å²) in [5.74, 6) is 0.829. The third-order valence-corrected chi connectivity index (χ3v) is 4.10. The minimum atomic E-state index is 0.310. The molecule has 0 spiro atoms. The van der Waals surface area contributed by atoms with Crippen LogP contribution in [0.4, 0.5) is 0 Å². The zero-order valence-electron chi connectivity index (χ0n) is 12.1. The number of ether oxygens (including phenoxy) is 1. The van der Waals surface area contributed by atoms with Crippen LogP contribution in [0.1, 0.15) is 25.3 Å². The number of aromatic nitrogens is 4. The van der Waals surface area contributed by atoms with E-state index in [2.05, 4.69) is 28.5 Å². The van der Waals surface area contributed by atoms with E-state index in [0.29, 0.717) is 18.2 Å². The Labute approximate surface area is 128 Å². The van der Waals surface area contributed by atoms with Crippen LogP contribution in [-0.4, -0.2) is 32.6 Å². The van der Waals surface area contributed by atoms with Crippen molar-refractivity contribution in [3.8, 4) is 11.8 Å². The van der Waals surface area contributed by atoms with Crippen molar-refractivity contribution in [2.75, 3.05) is 7.11 Å². The molecule has 110 valence electrons. The predicted octanol–water partition coefficient (Wildman–Crippen LogP) is 2.51. The normalized spacial score (nSPS) is 11.9. The standard InChI is InChI=1S/C14H17N5OS/c1-11(4-3-9-15)21-14-16-17-18-19(14)10-12-5-7-13(20-2)8-6-12/h5-8,11H,3-4,10H2,1-2H3. The molecular weight excluding hydrogens is 286 g/mol. The highest BCUT2D eigenvalue weighted by atomic mass is 32.2. The van der Waals surface area contributed by atoms with Crippen molar-refractivity contribution in [1.82, 2.24) is 20.2 Å². The summed E-state index contributed by atoms with van der Waals surface area (Å²) in [6.45, 7) is 2.69. The number of tetrazole rings is 1. The van der Waals surface area contributed by atoms with Gasteiger partial charge in [-0.3, -0.25) is 0 Å². The fourth-order valence-corrected chi connectivity index (χ4v) is 2.69. The molecule has 0 aliphatic heterocycles. The molecule has 0 aliphatic carbocycles. The van der Waals surface area contributed by atoms with Crippen LogP contribution in [-0.2, 0) is 6.54 Å². The molecule has 1 atom stereocenters. The summed E-state index contributed by atoms with van der Waals surface area (Å²) in [5, 5.41) is 21.5. The van der Waals surface area contributed by atoms with Crippen molar-refractivity contribution in [3.05, 3.63) is 29.8 Å². The molecule has 2 aromatic rings. The van der Waals surface area contributed by atoms with E-state index in [9.17, 15) is 0 Å². The minimum absolute atomic E-state index is 0.310. The highest BCUT2D eigenvalue weighted by Gasteiger charge is 2.12. The highest BCUT2D eigenvalue weighted by Crippen LogP contribution is 2.24. The Bertz CT molecular complexity index is 605. The van der Waals surface area contributed by atoms with Gasteiger partial charge in [0.05, 0.1) is 19.7 Å². The lowest BCUT2D eigenvalue weighted by molar-refractivity contribution is 0.414. The monoisotopic (exact) mass is 303 g/mol. The van der Waals surface area contributed by atoms with Gasteiger partial charge in [0, 0.05) is 11.7 Å². The molecular formula is C14H17N5OS. The van der Waals surface area contributed by atoms with Gasteiger partial charge in [0.15, 0.2) is 0 Å². The number of nitrogens with zero attached hydrogens (tertiary/aromatic N) is 5. The molecule has 1 aromatic heterocycles. The summed E-state index contributed by atoms with van der Waals surface area (Å²) in [5.41, 5.74) is 1.11. The summed E-state index contributed by atoms with van der Waals surface area (Å²) in [6.07, 6.45) is 1.38. The zero-order valence-corrected chi connectivity index (χ0v) is 12.9. The Kier molecular flexibility index (Phi) is 5.58. The zero-order chi connectivity index (χ0) is 15.1. The number of rotatable bonds is 7. The van der Waals surface area contributed by atoms with Crippen LogP contribution in [0, 0.1) is 11.3 Å². The van der Waals surface area contributed by atoms with Crippen LogP contribution >= 0.6 is 11.8 Å². The SMILES string of the molecule is COc1ccc(Cn2nnnc2SC(C)CCC#N)cc1. The average molecular weight is 303 g/mol. The highest BCUT2D eigenvalue weighted by molar-refractivity contribution is 7.99. The van der Waals surface area contributed by atoms with E-state index in [1.807, 2.05) is 24.3 Å². The molecule has 0 saturated heterocycles. The Balaban J connectivity index is 2.00. The third kappa shape index (κ3) is 4.46. The fraction of sp³-hybridized carbons (Fsp3) is 0.429. The summed E-state index contributed by atoms with van der Waals surface area (Å²) < 4.78 is 6.91. The van der Waals surface area contributed by atoms with E-state index in [1.165, 1.54) is 0 Å². The second-order valence-corrected chi connectivity index (χ2v) is 6.00. The third-order valence-electron chi connectivity index (χ3n) is 2.96. The molecule has 1 heterocycles. The van der Waals surface area contributed by atoms with Gasteiger partial charge in [-0.15, -0.1) is 5.10 Å². The summed E-state index contributed by atoms with van der Waals surface area (Å²) >= 11 is 1.59. The molecule has 2 rings (SSSR count). The van der Waals surface area contributed by atoms with Crippen molar-refractivity contribution in [2.45, 2.75) is 36.7 Å². The maximum atomic E-state index is 8.62. The van der Waals surface area contributed by atoms with Crippen LogP contribution < -0.4 is 4.74 Å². The molecule has 6 nitrogen and oxygen atoms in total. The van der Waals surface area contributed by atoms with Gasteiger partial charge in [0.2, 0.25) is 5.16 Å². The first kappa shape index (κ1) is 15.3. The number of thioether (sulfide) groups is 1. The van der Waals surface area contributed by atoms with E-state index in [-0.39, 0.29) is 0 Å². The van der Waals surface area contributed by atoms with Crippen LogP contribution in [0.15, 0.2) is 29.4 Å². The van der Waals surface area contributed by atoms with E-state index in [0.717, 1.165) is 22.9 Å². The molecule has 0 fully saturated rings.